The van der Waals surface area contributed by atoms with Gasteiger partial charge in [0.05, 0.1) is 25.1 Å². The van der Waals surface area contributed by atoms with Gasteiger partial charge in [-0.05, 0) is 41.5 Å². The number of nitrogens with one attached hydrogen (secondary N) is 1. The summed E-state index contributed by atoms with van der Waals surface area (Å²) in [6, 6.07) is 23.4. The SMILES string of the molecule is O=C(CSc1nnc(-c2ccco2)n1Cc1ccccc1)Nc1ccc(Cn2cccn2)cc1. The summed E-state index contributed by atoms with van der Waals surface area (Å²) >= 11 is 1.34. The van der Waals surface area contributed by atoms with E-state index in [4.69, 9.17) is 4.42 Å². The van der Waals surface area contributed by atoms with E-state index in [0.29, 0.717) is 29.8 Å². The highest BCUT2D eigenvalue weighted by Gasteiger charge is 2.18. The summed E-state index contributed by atoms with van der Waals surface area (Å²) in [5, 5.41) is 16.4. The molecule has 0 aliphatic carbocycles. The van der Waals surface area contributed by atoms with Crippen LogP contribution in [0.25, 0.3) is 11.6 Å². The van der Waals surface area contributed by atoms with Crippen molar-refractivity contribution in [2.75, 3.05) is 11.1 Å². The molecule has 3 aromatic heterocycles. The van der Waals surface area contributed by atoms with Gasteiger partial charge in [-0.25, -0.2) is 0 Å². The predicted molar refractivity (Wildman–Crippen MR) is 130 cm³/mol. The van der Waals surface area contributed by atoms with Gasteiger partial charge in [0.1, 0.15) is 0 Å². The second-order valence-corrected chi connectivity index (χ2v) is 8.54. The minimum absolute atomic E-state index is 0.112. The van der Waals surface area contributed by atoms with Crippen molar-refractivity contribution in [2.24, 2.45) is 0 Å². The van der Waals surface area contributed by atoms with Crippen LogP contribution in [0.4, 0.5) is 5.69 Å². The number of furan rings is 1. The van der Waals surface area contributed by atoms with Crippen molar-refractivity contribution in [3.05, 3.63) is 103 Å². The molecule has 170 valence electrons. The molecular formula is C25H22N6O2S. The summed E-state index contributed by atoms with van der Waals surface area (Å²) in [7, 11) is 0. The van der Waals surface area contributed by atoms with Crippen LogP contribution in [0.2, 0.25) is 0 Å². The van der Waals surface area contributed by atoms with Gasteiger partial charge in [0, 0.05) is 18.1 Å². The first-order valence-corrected chi connectivity index (χ1v) is 11.7. The van der Waals surface area contributed by atoms with Gasteiger partial charge in [0.15, 0.2) is 10.9 Å². The van der Waals surface area contributed by atoms with Gasteiger partial charge in [-0.2, -0.15) is 5.10 Å². The van der Waals surface area contributed by atoms with E-state index in [9.17, 15) is 4.79 Å². The van der Waals surface area contributed by atoms with Gasteiger partial charge in [-0.3, -0.25) is 14.0 Å². The van der Waals surface area contributed by atoms with Crippen molar-refractivity contribution in [1.29, 1.82) is 0 Å². The zero-order valence-corrected chi connectivity index (χ0v) is 19.1. The Bertz CT molecular complexity index is 1330. The number of nitrogens with zero attached hydrogens (tertiary/aromatic N) is 5. The molecule has 0 fully saturated rings. The molecule has 0 atom stereocenters. The number of thioether (sulfide) groups is 1. The molecule has 0 radical (unpaired) electrons. The van der Waals surface area contributed by atoms with Gasteiger partial charge in [0.25, 0.3) is 0 Å². The molecule has 5 rings (SSSR count). The third-order valence-corrected chi connectivity index (χ3v) is 6.08. The van der Waals surface area contributed by atoms with Crippen LogP contribution in [0.3, 0.4) is 0 Å². The van der Waals surface area contributed by atoms with Crippen molar-refractivity contribution in [3.8, 4) is 11.6 Å². The van der Waals surface area contributed by atoms with E-state index < -0.39 is 0 Å². The Balaban J connectivity index is 1.24. The van der Waals surface area contributed by atoms with Gasteiger partial charge in [-0.1, -0.05) is 54.2 Å². The number of rotatable bonds is 9. The smallest absolute Gasteiger partial charge is 0.234 e. The molecule has 1 amide bonds. The van der Waals surface area contributed by atoms with Crippen LogP contribution in [0.15, 0.2) is 101 Å². The van der Waals surface area contributed by atoms with E-state index in [1.165, 1.54) is 11.8 Å². The number of hydrogen-bond donors (Lipinski definition) is 1. The van der Waals surface area contributed by atoms with Crippen molar-refractivity contribution >= 4 is 23.4 Å². The van der Waals surface area contributed by atoms with Crippen molar-refractivity contribution in [2.45, 2.75) is 18.2 Å². The Kier molecular flexibility index (Phi) is 6.53. The monoisotopic (exact) mass is 470 g/mol. The van der Waals surface area contributed by atoms with E-state index in [1.54, 1.807) is 12.5 Å². The number of carbonyl (C=O) groups is 1. The third-order valence-electron chi connectivity index (χ3n) is 5.12. The van der Waals surface area contributed by atoms with Crippen LogP contribution in [0, 0.1) is 0 Å². The molecule has 9 heteroatoms. The van der Waals surface area contributed by atoms with Crippen LogP contribution < -0.4 is 5.32 Å². The van der Waals surface area contributed by atoms with Crippen LogP contribution in [-0.4, -0.2) is 36.2 Å². The van der Waals surface area contributed by atoms with E-state index in [-0.39, 0.29) is 11.7 Å². The molecule has 0 saturated carbocycles. The number of amides is 1. The molecular weight excluding hydrogens is 448 g/mol. The summed E-state index contributed by atoms with van der Waals surface area (Å²) in [6.45, 7) is 1.26. The lowest BCUT2D eigenvalue weighted by Gasteiger charge is -2.10. The number of carbonyl (C=O) groups excluding carboxylic acids is 1. The second-order valence-electron chi connectivity index (χ2n) is 7.59. The predicted octanol–water partition coefficient (Wildman–Crippen LogP) is 4.56. The number of anilines is 1. The minimum Gasteiger partial charge on any atom is -0.461 e. The van der Waals surface area contributed by atoms with E-state index >= 15 is 0 Å². The Morgan fingerprint density at radius 2 is 1.74 bits per heavy atom. The molecule has 1 N–H and O–H groups in total. The molecule has 8 nitrogen and oxygen atoms in total. The average molecular weight is 471 g/mol. The highest BCUT2D eigenvalue weighted by molar-refractivity contribution is 7.99. The van der Waals surface area contributed by atoms with E-state index in [1.807, 2.05) is 88.2 Å². The number of aromatic nitrogens is 5. The fraction of sp³-hybridized carbons (Fsp3) is 0.120. The fourth-order valence-corrected chi connectivity index (χ4v) is 4.23. The fourth-order valence-electron chi connectivity index (χ4n) is 3.49. The first-order valence-electron chi connectivity index (χ1n) is 10.7. The maximum absolute atomic E-state index is 12.6. The summed E-state index contributed by atoms with van der Waals surface area (Å²) in [6.07, 6.45) is 5.28. The molecule has 34 heavy (non-hydrogen) atoms. The molecule has 3 heterocycles. The third kappa shape index (κ3) is 5.26. The number of hydrogen-bond acceptors (Lipinski definition) is 6. The van der Waals surface area contributed by atoms with Crippen LogP contribution in [0.5, 0.6) is 0 Å². The van der Waals surface area contributed by atoms with Crippen molar-refractivity contribution in [3.63, 3.8) is 0 Å². The Morgan fingerprint density at radius 1 is 0.912 bits per heavy atom. The standard InChI is InChI=1S/C25H22N6O2S/c32-23(27-21-11-9-20(10-12-21)16-30-14-5-13-26-30)18-34-25-29-28-24(22-8-4-15-33-22)31(25)17-19-6-2-1-3-7-19/h1-15H,16-18H2,(H,27,32). The molecule has 2 aromatic carbocycles. The number of benzene rings is 2. The zero-order chi connectivity index (χ0) is 23.2. The summed E-state index contributed by atoms with van der Waals surface area (Å²) < 4.78 is 9.36. The molecule has 0 aliphatic rings. The lowest BCUT2D eigenvalue weighted by Crippen LogP contribution is -2.15. The summed E-state index contributed by atoms with van der Waals surface area (Å²) in [5.74, 6) is 1.36. The van der Waals surface area contributed by atoms with Gasteiger partial charge in [0.2, 0.25) is 11.7 Å². The highest BCUT2D eigenvalue weighted by atomic mass is 32.2. The van der Waals surface area contributed by atoms with Crippen LogP contribution >= 0.6 is 11.8 Å². The largest absolute Gasteiger partial charge is 0.461 e. The maximum atomic E-state index is 12.6. The molecule has 0 aliphatic heterocycles. The van der Waals surface area contributed by atoms with Crippen LogP contribution in [0.1, 0.15) is 11.1 Å². The van der Waals surface area contributed by atoms with E-state index in [0.717, 1.165) is 16.8 Å². The quantitative estimate of drug-likeness (QED) is 0.318. The summed E-state index contributed by atoms with van der Waals surface area (Å²) in [5.41, 5.74) is 2.96. The van der Waals surface area contributed by atoms with Gasteiger partial charge < -0.3 is 9.73 Å². The highest BCUT2D eigenvalue weighted by Crippen LogP contribution is 2.25. The molecule has 5 aromatic rings. The lowest BCUT2D eigenvalue weighted by molar-refractivity contribution is -0.113. The molecule has 0 bridgehead atoms. The summed E-state index contributed by atoms with van der Waals surface area (Å²) in [4.78, 5) is 12.6. The first-order chi connectivity index (χ1) is 16.7. The first kappa shape index (κ1) is 21.7. The molecule has 0 spiro atoms. The van der Waals surface area contributed by atoms with Crippen molar-refractivity contribution < 1.29 is 9.21 Å². The second kappa shape index (κ2) is 10.2. The Morgan fingerprint density at radius 3 is 2.47 bits per heavy atom. The van der Waals surface area contributed by atoms with Gasteiger partial charge >= 0.3 is 0 Å². The Hall–Kier alpha value is -4.11. The Labute approximate surface area is 200 Å². The maximum Gasteiger partial charge on any atom is 0.234 e. The molecule has 0 saturated heterocycles. The minimum atomic E-state index is -0.112. The van der Waals surface area contributed by atoms with Crippen molar-refractivity contribution in [1.82, 2.24) is 24.5 Å². The van der Waals surface area contributed by atoms with Gasteiger partial charge in [-0.15, -0.1) is 10.2 Å². The normalized spacial score (nSPS) is 10.9. The van der Waals surface area contributed by atoms with Crippen LogP contribution in [-0.2, 0) is 17.9 Å². The zero-order valence-electron chi connectivity index (χ0n) is 18.2. The molecule has 0 unspecified atom stereocenters. The van der Waals surface area contributed by atoms with E-state index in [2.05, 4.69) is 20.6 Å². The lowest BCUT2D eigenvalue weighted by atomic mass is 10.2. The average Bonchev–Trinajstić information content (AvgIpc) is 3.63. The topological polar surface area (TPSA) is 90.8 Å².